The van der Waals surface area contributed by atoms with Gasteiger partial charge in [-0.25, -0.2) is 0 Å². The van der Waals surface area contributed by atoms with Gasteiger partial charge in [0.2, 0.25) is 0 Å². The van der Waals surface area contributed by atoms with Crippen LogP contribution < -0.4 is 0 Å². The number of carbonyl (C=O) groups is 1. The largest absolute Gasteiger partial charge is 0.298 e. The molecule has 1 aromatic carbocycles. The average molecular weight is 260 g/mol. The molecule has 92 valence electrons. The standard InChI is InChI=1S/C12H12N4OS/c17-11-8-18-7-9(11)6-12-13-14-15-16(12)10-4-2-1-3-5-10/h1-5,9H,6-8H2. The molecule has 1 atom stereocenters. The zero-order chi connectivity index (χ0) is 12.4. The Morgan fingerprint density at radius 2 is 2.17 bits per heavy atom. The van der Waals surface area contributed by atoms with Crippen LogP contribution in [0.15, 0.2) is 30.3 Å². The summed E-state index contributed by atoms with van der Waals surface area (Å²) in [4.78, 5) is 11.6. The number of benzene rings is 1. The number of tetrazole rings is 1. The quantitative estimate of drug-likeness (QED) is 0.828. The zero-order valence-electron chi connectivity index (χ0n) is 9.69. The van der Waals surface area contributed by atoms with Crippen LogP contribution in [0.25, 0.3) is 5.69 Å². The summed E-state index contributed by atoms with van der Waals surface area (Å²) in [6.45, 7) is 0. The Kier molecular flexibility index (Phi) is 3.10. The molecule has 1 aliphatic rings. The molecular formula is C12H12N4OS. The molecule has 2 heterocycles. The van der Waals surface area contributed by atoms with E-state index in [9.17, 15) is 4.79 Å². The van der Waals surface area contributed by atoms with Gasteiger partial charge in [0.05, 0.1) is 11.4 Å². The van der Waals surface area contributed by atoms with E-state index in [4.69, 9.17) is 0 Å². The van der Waals surface area contributed by atoms with Crippen molar-refractivity contribution in [1.29, 1.82) is 0 Å². The molecule has 3 rings (SSSR count). The summed E-state index contributed by atoms with van der Waals surface area (Å²) < 4.78 is 1.70. The Balaban J connectivity index is 1.86. The Morgan fingerprint density at radius 3 is 2.89 bits per heavy atom. The molecule has 1 aromatic heterocycles. The van der Waals surface area contributed by atoms with Crippen molar-refractivity contribution in [3.63, 3.8) is 0 Å². The van der Waals surface area contributed by atoms with Crippen LogP contribution in [0.2, 0.25) is 0 Å². The fourth-order valence-corrected chi connectivity index (χ4v) is 3.15. The lowest BCUT2D eigenvalue weighted by atomic mass is 10.0. The van der Waals surface area contributed by atoms with Gasteiger partial charge >= 0.3 is 0 Å². The molecule has 1 aliphatic heterocycles. The Bertz CT molecular complexity index is 554. The van der Waals surface area contributed by atoms with Gasteiger partial charge in [-0.1, -0.05) is 18.2 Å². The normalized spacial score (nSPS) is 19.3. The van der Waals surface area contributed by atoms with Crippen LogP contribution in [0.4, 0.5) is 0 Å². The van der Waals surface area contributed by atoms with Gasteiger partial charge in [-0.3, -0.25) is 4.79 Å². The molecule has 0 N–H and O–H groups in total. The molecule has 0 spiro atoms. The van der Waals surface area contributed by atoms with Gasteiger partial charge in [0, 0.05) is 18.1 Å². The SMILES string of the molecule is O=C1CSCC1Cc1nnnn1-c1ccccc1. The van der Waals surface area contributed by atoms with Crippen molar-refractivity contribution >= 4 is 17.5 Å². The fraction of sp³-hybridized carbons (Fsp3) is 0.333. The predicted molar refractivity (Wildman–Crippen MR) is 68.7 cm³/mol. The lowest BCUT2D eigenvalue weighted by Gasteiger charge is -2.07. The molecule has 1 saturated heterocycles. The van der Waals surface area contributed by atoms with Crippen LogP contribution in [0, 0.1) is 5.92 Å². The highest BCUT2D eigenvalue weighted by molar-refractivity contribution is 8.00. The van der Waals surface area contributed by atoms with Gasteiger partial charge in [0.15, 0.2) is 5.82 Å². The number of para-hydroxylation sites is 1. The molecule has 1 unspecified atom stereocenters. The topological polar surface area (TPSA) is 60.7 Å². The summed E-state index contributed by atoms with van der Waals surface area (Å²) in [5, 5.41) is 11.7. The monoisotopic (exact) mass is 260 g/mol. The van der Waals surface area contributed by atoms with E-state index in [1.54, 1.807) is 16.4 Å². The van der Waals surface area contributed by atoms with Crippen molar-refractivity contribution in [3.8, 4) is 5.69 Å². The summed E-state index contributed by atoms with van der Waals surface area (Å²) in [7, 11) is 0. The van der Waals surface area contributed by atoms with E-state index in [0.29, 0.717) is 18.0 Å². The molecule has 5 nitrogen and oxygen atoms in total. The van der Waals surface area contributed by atoms with Crippen LogP contribution in [0.3, 0.4) is 0 Å². The number of Topliss-reactive ketones (excluding diaryl/α,β-unsaturated/α-hetero) is 1. The first-order valence-electron chi connectivity index (χ1n) is 5.78. The van der Waals surface area contributed by atoms with Gasteiger partial charge in [-0.05, 0) is 22.6 Å². The van der Waals surface area contributed by atoms with Gasteiger partial charge in [-0.2, -0.15) is 16.4 Å². The highest BCUT2D eigenvalue weighted by atomic mass is 32.2. The molecular weight excluding hydrogens is 248 g/mol. The van der Waals surface area contributed by atoms with Gasteiger partial charge in [0.25, 0.3) is 0 Å². The van der Waals surface area contributed by atoms with Crippen LogP contribution in [0.1, 0.15) is 5.82 Å². The van der Waals surface area contributed by atoms with E-state index in [0.717, 1.165) is 17.3 Å². The van der Waals surface area contributed by atoms with E-state index in [2.05, 4.69) is 15.5 Å². The minimum atomic E-state index is 0.0588. The maximum atomic E-state index is 11.6. The first-order chi connectivity index (χ1) is 8.84. The van der Waals surface area contributed by atoms with Crippen molar-refractivity contribution in [2.45, 2.75) is 6.42 Å². The summed E-state index contributed by atoms with van der Waals surface area (Å²) in [5.74, 6) is 2.62. The molecule has 0 saturated carbocycles. The van der Waals surface area contributed by atoms with Gasteiger partial charge in [0.1, 0.15) is 5.78 Å². The first kappa shape index (κ1) is 11.4. The number of hydrogen-bond acceptors (Lipinski definition) is 5. The maximum absolute atomic E-state index is 11.6. The zero-order valence-corrected chi connectivity index (χ0v) is 10.5. The van der Waals surface area contributed by atoms with Crippen molar-refractivity contribution in [2.24, 2.45) is 5.92 Å². The number of ketones is 1. The lowest BCUT2D eigenvalue weighted by molar-refractivity contribution is -0.119. The Morgan fingerprint density at radius 1 is 1.33 bits per heavy atom. The summed E-state index contributed by atoms with van der Waals surface area (Å²) in [5.41, 5.74) is 0.926. The minimum absolute atomic E-state index is 0.0588. The minimum Gasteiger partial charge on any atom is -0.298 e. The van der Waals surface area contributed by atoms with Crippen molar-refractivity contribution in [1.82, 2.24) is 20.2 Å². The molecule has 6 heteroatoms. The molecule has 0 bridgehead atoms. The van der Waals surface area contributed by atoms with Crippen LogP contribution in [0.5, 0.6) is 0 Å². The third-order valence-electron chi connectivity index (χ3n) is 2.98. The first-order valence-corrected chi connectivity index (χ1v) is 6.93. The number of rotatable bonds is 3. The van der Waals surface area contributed by atoms with Crippen molar-refractivity contribution < 1.29 is 4.79 Å². The predicted octanol–water partition coefficient (Wildman–Crippen LogP) is 1.14. The van der Waals surface area contributed by atoms with Crippen molar-refractivity contribution in [3.05, 3.63) is 36.2 Å². The van der Waals surface area contributed by atoms with E-state index in [-0.39, 0.29) is 5.92 Å². The second-order valence-electron chi connectivity index (χ2n) is 4.22. The van der Waals surface area contributed by atoms with Crippen molar-refractivity contribution in [2.75, 3.05) is 11.5 Å². The Hall–Kier alpha value is -1.69. The second-order valence-corrected chi connectivity index (χ2v) is 5.26. The number of nitrogens with zero attached hydrogens (tertiary/aromatic N) is 4. The van der Waals surface area contributed by atoms with Gasteiger partial charge in [-0.15, -0.1) is 5.10 Å². The summed E-state index contributed by atoms with van der Waals surface area (Å²) in [6, 6.07) is 9.73. The van der Waals surface area contributed by atoms with E-state index in [1.165, 1.54) is 0 Å². The highest BCUT2D eigenvalue weighted by Crippen LogP contribution is 2.23. The molecule has 0 aliphatic carbocycles. The summed E-state index contributed by atoms with van der Waals surface area (Å²) in [6.07, 6.45) is 0.619. The second kappa shape index (κ2) is 4.89. The van der Waals surface area contributed by atoms with Crippen LogP contribution in [-0.2, 0) is 11.2 Å². The molecule has 18 heavy (non-hydrogen) atoms. The summed E-state index contributed by atoms with van der Waals surface area (Å²) >= 11 is 1.69. The van der Waals surface area contributed by atoms with Crippen LogP contribution in [-0.4, -0.2) is 37.5 Å². The average Bonchev–Trinajstić information content (AvgIpc) is 3.01. The van der Waals surface area contributed by atoms with E-state index >= 15 is 0 Å². The van der Waals surface area contributed by atoms with E-state index < -0.39 is 0 Å². The Labute approximate surface area is 109 Å². The third-order valence-corrected chi connectivity index (χ3v) is 4.11. The number of aromatic nitrogens is 4. The fourth-order valence-electron chi connectivity index (χ4n) is 2.01. The third kappa shape index (κ3) is 2.15. The van der Waals surface area contributed by atoms with Crippen LogP contribution >= 0.6 is 11.8 Å². The van der Waals surface area contributed by atoms with Gasteiger partial charge < -0.3 is 0 Å². The molecule has 0 radical (unpaired) electrons. The lowest BCUT2D eigenvalue weighted by Crippen LogP contribution is -2.17. The highest BCUT2D eigenvalue weighted by Gasteiger charge is 2.27. The molecule has 1 fully saturated rings. The molecule has 0 amide bonds. The maximum Gasteiger partial charge on any atom is 0.157 e. The van der Waals surface area contributed by atoms with E-state index in [1.807, 2.05) is 30.3 Å². The number of carbonyl (C=O) groups excluding carboxylic acids is 1. The molecule has 2 aromatic rings. The number of hydrogen-bond donors (Lipinski definition) is 0. The smallest absolute Gasteiger partial charge is 0.157 e. The number of thioether (sulfide) groups is 1.